The van der Waals surface area contributed by atoms with E-state index in [0.717, 1.165) is 61.1 Å². The zero-order chi connectivity index (χ0) is 15.2. The minimum Gasteiger partial charge on any atom is -0.370 e. The third kappa shape index (κ3) is 3.40. The molecule has 0 aliphatic carbocycles. The van der Waals surface area contributed by atoms with Gasteiger partial charge in [0.25, 0.3) is 0 Å². The molecule has 0 unspecified atom stereocenters. The fourth-order valence-electron chi connectivity index (χ4n) is 2.40. The Kier molecular flexibility index (Phi) is 5.31. The SMILES string of the molecule is CCCc1nc(NCC)c(C)c(-n2ccnc2CCC)n1. The summed E-state index contributed by atoms with van der Waals surface area (Å²) in [5, 5.41) is 3.34. The van der Waals surface area contributed by atoms with Crippen LogP contribution in [-0.4, -0.2) is 26.1 Å². The van der Waals surface area contributed by atoms with Crippen molar-refractivity contribution in [2.45, 2.75) is 53.4 Å². The highest BCUT2D eigenvalue weighted by Crippen LogP contribution is 2.21. The topological polar surface area (TPSA) is 55.6 Å². The summed E-state index contributed by atoms with van der Waals surface area (Å²) >= 11 is 0. The van der Waals surface area contributed by atoms with E-state index in [0.29, 0.717) is 0 Å². The highest BCUT2D eigenvalue weighted by atomic mass is 15.2. The summed E-state index contributed by atoms with van der Waals surface area (Å²) in [5.41, 5.74) is 1.08. The Balaban J connectivity index is 2.52. The lowest BCUT2D eigenvalue weighted by Gasteiger charge is -2.15. The quantitative estimate of drug-likeness (QED) is 0.849. The van der Waals surface area contributed by atoms with Crippen LogP contribution in [0.25, 0.3) is 5.82 Å². The lowest BCUT2D eigenvalue weighted by atomic mass is 10.2. The number of hydrogen-bond donors (Lipinski definition) is 1. The van der Waals surface area contributed by atoms with E-state index in [1.165, 1.54) is 0 Å². The summed E-state index contributed by atoms with van der Waals surface area (Å²) in [6.45, 7) is 9.32. The molecule has 0 fully saturated rings. The Bertz CT molecular complexity index is 588. The fraction of sp³-hybridized carbons (Fsp3) is 0.562. The number of hydrogen-bond acceptors (Lipinski definition) is 4. The molecule has 0 saturated heterocycles. The molecule has 0 spiro atoms. The molecule has 0 aromatic carbocycles. The number of nitrogens with zero attached hydrogens (tertiary/aromatic N) is 4. The van der Waals surface area contributed by atoms with Gasteiger partial charge in [-0.15, -0.1) is 0 Å². The molecule has 2 aromatic heterocycles. The maximum Gasteiger partial charge on any atom is 0.146 e. The number of aryl methyl sites for hydroxylation is 2. The van der Waals surface area contributed by atoms with Gasteiger partial charge in [0.1, 0.15) is 23.3 Å². The van der Waals surface area contributed by atoms with Crippen molar-refractivity contribution in [3.05, 3.63) is 29.6 Å². The number of aromatic nitrogens is 4. The molecule has 0 aliphatic rings. The average Bonchev–Trinajstić information content (AvgIpc) is 2.91. The average molecular weight is 287 g/mol. The summed E-state index contributed by atoms with van der Waals surface area (Å²) in [5.74, 6) is 3.84. The molecular formula is C16H25N5. The zero-order valence-corrected chi connectivity index (χ0v) is 13.5. The van der Waals surface area contributed by atoms with E-state index in [-0.39, 0.29) is 0 Å². The first kappa shape index (κ1) is 15.5. The molecule has 0 bridgehead atoms. The molecule has 0 saturated carbocycles. The monoisotopic (exact) mass is 287 g/mol. The lowest BCUT2D eigenvalue weighted by molar-refractivity contribution is 0.769. The van der Waals surface area contributed by atoms with E-state index in [1.807, 2.05) is 12.4 Å². The molecule has 2 aromatic rings. The fourth-order valence-corrected chi connectivity index (χ4v) is 2.40. The van der Waals surface area contributed by atoms with Crippen molar-refractivity contribution in [1.82, 2.24) is 19.5 Å². The van der Waals surface area contributed by atoms with Crippen molar-refractivity contribution < 1.29 is 0 Å². The molecule has 114 valence electrons. The van der Waals surface area contributed by atoms with Crippen molar-refractivity contribution >= 4 is 5.82 Å². The Morgan fingerprint density at radius 2 is 1.86 bits per heavy atom. The molecule has 5 heteroatoms. The van der Waals surface area contributed by atoms with Crippen LogP contribution in [-0.2, 0) is 12.8 Å². The third-order valence-corrected chi connectivity index (χ3v) is 3.40. The maximum atomic E-state index is 4.76. The number of nitrogens with one attached hydrogen (secondary N) is 1. The van der Waals surface area contributed by atoms with Crippen LogP contribution in [0.1, 0.15) is 50.8 Å². The summed E-state index contributed by atoms with van der Waals surface area (Å²) in [7, 11) is 0. The van der Waals surface area contributed by atoms with Crippen LogP contribution in [0.3, 0.4) is 0 Å². The van der Waals surface area contributed by atoms with Crippen molar-refractivity contribution in [1.29, 1.82) is 0 Å². The van der Waals surface area contributed by atoms with Gasteiger partial charge in [0.05, 0.1) is 0 Å². The van der Waals surface area contributed by atoms with Crippen LogP contribution in [0.2, 0.25) is 0 Å². The summed E-state index contributed by atoms with van der Waals surface area (Å²) in [6.07, 6.45) is 7.80. The normalized spacial score (nSPS) is 10.9. The summed E-state index contributed by atoms with van der Waals surface area (Å²) in [4.78, 5) is 13.9. The van der Waals surface area contributed by atoms with Crippen LogP contribution in [0, 0.1) is 6.92 Å². The van der Waals surface area contributed by atoms with Crippen LogP contribution in [0.5, 0.6) is 0 Å². The van der Waals surface area contributed by atoms with Crippen LogP contribution < -0.4 is 5.32 Å². The maximum absolute atomic E-state index is 4.76. The van der Waals surface area contributed by atoms with Crippen molar-refractivity contribution in [2.24, 2.45) is 0 Å². The molecule has 2 rings (SSSR count). The molecule has 0 atom stereocenters. The number of rotatable bonds is 7. The lowest BCUT2D eigenvalue weighted by Crippen LogP contribution is -2.12. The van der Waals surface area contributed by atoms with Gasteiger partial charge in [0.15, 0.2) is 0 Å². The number of anilines is 1. The Morgan fingerprint density at radius 3 is 2.52 bits per heavy atom. The van der Waals surface area contributed by atoms with E-state index in [2.05, 4.69) is 47.5 Å². The molecule has 2 heterocycles. The molecule has 0 aliphatic heterocycles. The van der Waals surface area contributed by atoms with E-state index < -0.39 is 0 Å². The van der Waals surface area contributed by atoms with E-state index in [9.17, 15) is 0 Å². The van der Waals surface area contributed by atoms with Gasteiger partial charge in [0.2, 0.25) is 0 Å². The Labute approximate surface area is 126 Å². The van der Waals surface area contributed by atoms with Gasteiger partial charge < -0.3 is 5.32 Å². The first-order chi connectivity index (χ1) is 10.2. The molecule has 1 N–H and O–H groups in total. The molecular weight excluding hydrogens is 262 g/mol. The molecule has 0 radical (unpaired) electrons. The van der Waals surface area contributed by atoms with Gasteiger partial charge in [-0.1, -0.05) is 13.8 Å². The van der Waals surface area contributed by atoms with Gasteiger partial charge in [-0.2, -0.15) is 0 Å². The standard InChI is InChI=1S/C16H25N5/c1-5-8-13-19-15(17-7-3)12(4)16(20-13)21-11-10-18-14(21)9-6-2/h10-11H,5-9H2,1-4H3,(H,17,19,20). The van der Waals surface area contributed by atoms with E-state index in [4.69, 9.17) is 4.98 Å². The second-order valence-electron chi connectivity index (χ2n) is 5.18. The highest BCUT2D eigenvalue weighted by molar-refractivity contribution is 5.52. The second-order valence-corrected chi connectivity index (χ2v) is 5.18. The second kappa shape index (κ2) is 7.20. The number of imidazole rings is 1. The molecule has 5 nitrogen and oxygen atoms in total. The van der Waals surface area contributed by atoms with Gasteiger partial charge in [0, 0.05) is 37.3 Å². The van der Waals surface area contributed by atoms with Gasteiger partial charge in [-0.25, -0.2) is 15.0 Å². The van der Waals surface area contributed by atoms with Crippen molar-refractivity contribution in [3.8, 4) is 5.82 Å². The van der Waals surface area contributed by atoms with Gasteiger partial charge in [-0.3, -0.25) is 4.57 Å². The highest BCUT2D eigenvalue weighted by Gasteiger charge is 2.14. The van der Waals surface area contributed by atoms with Gasteiger partial charge in [-0.05, 0) is 26.7 Å². The first-order valence-electron chi connectivity index (χ1n) is 7.85. The van der Waals surface area contributed by atoms with E-state index in [1.54, 1.807) is 0 Å². The van der Waals surface area contributed by atoms with Crippen molar-refractivity contribution in [2.75, 3.05) is 11.9 Å². The molecule has 0 amide bonds. The summed E-state index contributed by atoms with van der Waals surface area (Å²) < 4.78 is 2.10. The predicted molar refractivity (Wildman–Crippen MR) is 86.0 cm³/mol. The minimum atomic E-state index is 0.856. The third-order valence-electron chi connectivity index (χ3n) is 3.40. The van der Waals surface area contributed by atoms with Gasteiger partial charge >= 0.3 is 0 Å². The van der Waals surface area contributed by atoms with Crippen LogP contribution >= 0.6 is 0 Å². The largest absolute Gasteiger partial charge is 0.370 e. The van der Waals surface area contributed by atoms with Crippen LogP contribution in [0.4, 0.5) is 5.82 Å². The first-order valence-corrected chi connectivity index (χ1v) is 7.85. The van der Waals surface area contributed by atoms with Crippen molar-refractivity contribution in [3.63, 3.8) is 0 Å². The van der Waals surface area contributed by atoms with E-state index >= 15 is 0 Å². The minimum absolute atomic E-state index is 0.856. The Hall–Kier alpha value is -1.91. The Morgan fingerprint density at radius 1 is 1.10 bits per heavy atom. The smallest absolute Gasteiger partial charge is 0.146 e. The summed E-state index contributed by atoms with van der Waals surface area (Å²) in [6, 6.07) is 0. The van der Waals surface area contributed by atoms with Crippen LogP contribution in [0.15, 0.2) is 12.4 Å². The zero-order valence-electron chi connectivity index (χ0n) is 13.5. The predicted octanol–water partition coefficient (Wildman–Crippen LogP) is 3.31. The molecule has 21 heavy (non-hydrogen) atoms.